The smallest absolute Gasteiger partial charge is 0.240 e. The molecule has 0 spiro atoms. The molecule has 0 radical (unpaired) electrons. The molecule has 8 heteroatoms. The number of likely N-dealkylation sites (N-methyl/N-ethyl adjacent to an activating group) is 1. The average Bonchev–Trinajstić information content (AvgIpc) is 3.26. The first-order valence-electron chi connectivity index (χ1n) is 10.5. The zero-order chi connectivity index (χ0) is 22.3. The van der Waals surface area contributed by atoms with Crippen molar-refractivity contribution >= 4 is 33.2 Å². The minimum Gasteiger partial charge on any atom is -0.315 e. The van der Waals surface area contributed by atoms with Gasteiger partial charge in [0.25, 0.3) is 0 Å². The Bertz CT molecular complexity index is 1160. The second-order valence-corrected chi connectivity index (χ2v) is 10.4. The maximum atomic E-state index is 12.8. The zero-order valence-electron chi connectivity index (χ0n) is 18.0. The third-order valence-electron chi connectivity index (χ3n) is 5.83. The number of nitrogens with zero attached hydrogens (tertiary/aromatic N) is 2. The van der Waals surface area contributed by atoms with Gasteiger partial charge in [-0.1, -0.05) is 26.0 Å². The lowest BCUT2D eigenvalue weighted by Crippen LogP contribution is -2.29. The highest BCUT2D eigenvalue weighted by Crippen LogP contribution is 2.31. The van der Waals surface area contributed by atoms with Gasteiger partial charge in [-0.25, -0.2) is 13.1 Å². The number of carbonyl (C=O) groups excluding carboxylic acids is 2. The first-order valence-corrected chi connectivity index (χ1v) is 12.0. The fourth-order valence-corrected chi connectivity index (χ4v) is 5.23. The molecule has 2 heterocycles. The van der Waals surface area contributed by atoms with Crippen LogP contribution in [-0.4, -0.2) is 33.8 Å². The van der Waals surface area contributed by atoms with Crippen molar-refractivity contribution in [3.8, 4) is 0 Å². The van der Waals surface area contributed by atoms with Gasteiger partial charge in [-0.2, -0.15) is 0 Å². The van der Waals surface area contributed by atoms with Crippen molar-refractivity contribution in [2.45, 2.75) is 44.6 Å². The van der Waals surface area contributed by atoms with E-state index in [2.05, 4.69) is 4.72 Å². The molecule has 164 valence electrons. The maximum Gasteiger partial charge on any atom is 0.240 e. The molecule has 1 N–H and O–H groups in total. The Kier molecular flexibility index (Phi) is 5.61. The third kappa shape index (κ3) is 4.22. The van der Waals surface area contributed by atoms with Crippen molar-refractivity contribution < 1.29 is 18.0 Å². The summed E-state index contributed by atoms with van der Waals surface area (Å²) in [4.78, 5) is 27.8. The lowest BCUT2D eigenvalue weighted by molar-refractivity contribution is -0.119. The summed E-state index contributed by atoms with van der Waals surface area (Å²) in [5, 5.41) is 0. The standard InChI is InChI=1S/C23H27N3O4S/c1-15(2)10-23(28)26-9-8-17-11-16(4-6-21(17)26)14-24-31(29,30)19-5-7-20-18(12-19)13-22(27)25(20)3/h4-7,11-12,15,24H,8-10,13-14H2,1-3H3. The number of anilines is 2. The summed E-state index contributed by atoms with van der Waals surface area (Å²) >= 11 is 0. The van der Waals surface area contributed by atoms with Gasteiger partial charge in [-0.15, -0.1) is 0 Å². The van der Waals surface area contributed by atoms with Crippen LogP contribution in [-0.2, 0) is 39.0 Å². The van der Waals surface area contributed by atoms with Gasteiger partial charge in [0.1, 0.15) is 0 Å². The zero-order valence-corrected chi connectivity index (χ0v) is 18.8. The fraction of sp³-hybridized carbons (Fsp3) is 0.391. The second kappa shape index (κ2) is 8.09. The molecule has 2 amide bonds. The highest BCUT2D eigenvalue weighted by molar-refractivity contribution is 7.89. The average molecular weight is 442 g/mol. The Morgan fingerprint density at radius 1 is 1.10 bits per heavy atom. The predicted octanol–water partition coefficient (Wildman–Crippen LogP) is 2.62. The van der Waals surface area contributed by atoms with Crippen molar-refractivity contribution in [3.05, 3.63) is 53.1 Å². The van der Waals surface area contributed by atoms with Crippen LogP contribution in [0.2, 0.25) is 0 Å². The van der Waals surface area contributed by atoms with E-state index >= 15 is 0 Å². The molecule has 2 aliphatic rings. The van der Waals surface area contributed by atoms with Crippen LogP contribution in [0.5, 0.6) is 0 Å². The summed E-state index contributed by atoms with van der Waals surface area (Å²) in [6.07, 6.45) is 1.50. The van der Waals surface area contributed by atoms with Crippen LogP contribution in [0, 0.1) is 5.92 Å². The Hall–Kier alpha value is -2.71. The molecule has 31 heavy (non-hydrogen) atoms. The minimum atomic E-state index is -3.71. The summed E-state index contributed by atoms with van der Waals surface area (Å²) in [5.74, 6) is 0.391. The van der Waals surface area contributed by atoms with Crippen molar-refractivity contribution in [3.63, 3.8) is 0 Å². The summed E-state index contributed by atoms with van der Waals surface area (Å²) in [6, 6.07) is 10.5. The van der Waals surface area contributed by atoms with E-state index in [0.29, 0.717) is 18.9 Å². The number of benzene rings is 2. The number of amides is 2. The summed E-state index contributed by atoms with van der Waals surface area (Å²) in [6.45, 7) is 4.88. The Labute approximate surface area is 183 Å². The molecule has 0 unspecified atom stereocenters. The molecule has 0 saturated heterocycles. The van der Waals surface area contributed by atoms with Gasteiger partial charge >= 0.3 is 0 Å². The first kappa shape index (κ1) is 21.5. The fourth-order valence-electron chi connectivity index (χ4n) is 4.16. The van der Waals surface area contributed by atoms with E-state index in [1.54, 1.807) is 24.1 Å². The van der Waals surface area contributed by atoms with Crippen LogP contribution in [0.4, 0.5) is 11.4 Å². The maximum absolute atomic E-state index is 12.8. The van der Waals surface area contributed by atoms with E-state index in [9.17, 15) is 18.0 Å². The van der Waals surface area contributed by atoms with Crippen LogP contribution in [0.3, 0.4) is 0 Å². The van der Waals surface area contributed by atoms with Gasteiger partial charge in [0, 0.05) is 37.9 Å². The molecule has 0 aromatic heterocycles. The molecule has 4 rings (SSSR count). The largest absolute Gasteiger partial charge is 0.315 e. The highest BCUT2D eigenvalue weighted by Gasteiger charge is 2.27. The molecule has 2 aromatic carbocycles. The number of fused-ring (bicyclic) bond motifs is 2. The monoisotopic (exact) mass is 441 g/mol. The summed E-state index contributed by atoms with van der Waals surface area (Å²) < 4.78 is 28.2. The SMILES string of the molecule is CC(C)CC(=O)N1CCc2cc(CNS(=O)(=O)c3ccc4c(c3)CC(=O)N4C)ccc21. The van der Waals surface area contributed by atoms with Gasteiger partial charge in [0.05, 0.1) is 11.3 Å². The third-order valence-corrected chi connectivity index (χ3v) is 7.23. The van der Waals surface area contributed by atoms with E-state index in [1.807, 2.05) is 36.9 Å². The molecular weight excluding hydrogens is 414 g/mol. The van der Waals surface area contributed by atoms with Crippen LogP contribution < -0.4 is 14.5 Å². The van der Waals surface area contributed by atoms with Crippen molar-refractivity contribution in [2.75, 3.05) is 23.4 Å². The summed E-state index contributed by atoms with van der Waals surface area (Å²) in [7, 11) is -2.02. The van der Waals surface area contributed by atoms with Gasteiger partial charge < -0.3 is 9.80 Å². The van der Waals surface area contributed by atoms with Gasteiger partial charge in [-0.3, -0.25) is 9.59 Å². The Morgan fingerprint density at radius 3 is 2.58 bits per heavy atom. The van der Waals surface area contributed by atoms with Crippen molar-refractivity contribution in [1.29, 1.82) is 0 Å². The molecule has 7 nitrogen and oxygen atoms in total. The highest BCUT2D eigenvalue weighted by atomic mass is 32.2. The predicted molar refractivity (Wildman–Crippen MR) is 120 cm³/mol. The van der Waals surface area contributed by atoms with Crippen LogP contribution in [0.25, 0.3) is 0 Å². The Balaban J connectivity index is 1.46. The van der Waals surface area contributed by atoms with Crippen molar-refractivity contribution in [2.24, 2.45) is 5.92 Å². The summed E-state index contributed by atoms with van der Waals surface area (Å²) in [5.41, 5.74) is 4.30. The molecular formula is C23H27N3O4S. The number of hydrogen-bond donors (Lipinski definition) is 1. The molecule has 2 aromatic rings. The molecule has 2 aliphatic heterocycles. The Morgan fingerprint density at radius 2 is 1.84 bits per heavy atom. The normalized spacial score (nSPS) is 15.5. The number of carbonyl (C=O) groups is 2. The van der Waals surface area contributed by atoms with Crippen LogP contribution in [0.15, 0.2) is 41.3 Å². The molecule has 0 atom stereocenters. The van der Waals surface area contributed by atoms with E-state index < -0.39 is 10.0 Å². The topological polar surface area (TPSA) is 86.8 Å². The number of hydrogen-bond acceptors (Lipinski definition) is 4. The van der Waals surface area contributed by atoms with Crippen molar-refractivity contribution in [1.82, 2.24) is 4.72 Å². The van der Waals surface area contributed by atoms with Gasteiger partial charge in [0.15, 0.2) is 0 Å². The molecule has 0 fully saturated rings. The van der Waals surface area contributed by atoms with Crippen LogP contribution in [0.1, 0.15) is 37.0 Å². The first-order chi connectivity index (χ1) is 14.7. The lowest BCUT2D eigenvalue weighted by Gasteiger charge is -2.18. The lowest BCUT2D eigenvalue weighted by atomic mass is 10.1. The molecule has 0 bridgehead atoms. The van der Waals surface area contributed by atoms with E-state index in [4.69, 9.17) is 0 Å². The number of rotatable bonds is 6. The number of nitrogens with one attached hydrogen (secondary N) is 1. The second-order valence-electron chi connectivity index (χ2n) is 8.60. The quantitative estimate of drug-likeness (QED) is 0.747. The van der Waals surface area contributed by atoms with Gasteiger partial charge in [-0.05, 0) is 53.3 Å². The van der Waals surface area contributed by atoms with Gasteiger partial charge in [0.2, 0.25) is 21.8 Å². The van der Waals surface area contributed by atoms with Crippen LogP contribution >= 0.6 is 0 Å². The number of sulfonamides is 1. The van der Waals surface area contributed by atoms with E-state index in [0.717, 1.165) is 34.5 Å². The molecule has 0 saturated carbocycles. The van der Waals surface area contributed by atoms with E-state index in [1.165, 1.54) is 6.07 Å². The minimum absolute atomic E-state index is 0.0448. The molecule has 0 aliphatic carbocycles. The van der Waals surface area contributed by atoms with E-state index in [-0.39, 0.29) is 29.7 Å².